The Morgan fingerprint density at radius 2 is 1.05 bits per heavy atom. The van der Waals surface area contributed by atoms with Crippen LogP contribution in [0.2, 0.25) is 0 Å². The van der Waals surface area contributed by atoms with Gasteiger partial charge in [-0.05, 0) is 119 Å². The molecular weight excluding hydrogens is 1020 g/mol. The molecule has 2 aliphatic heterocycles. The number of ketones is 7. The number of fused-ring (bicyclic) bond motifs is 2. The van der Waals surface area contributed by atoms with Crippen molar-refractivity contribution in [1.82, 2.24) is 9.80 Å². The molecule has 11 atom stereocenters. The monoisotopic (exact) mass is 1110 g/mol. The Morgan fingerprint density at radius 3 is 1.51 bits per heavy atom. The quantitative estimate of drug-likeness (QED) is 0.0593. The molecule has 0 radical (unpaired) electrons. The Hall–Kier alpha value is -5.21. The van der Waals surface area contributed by atoms with E-state index in [1.807, 2.05) is 92.6 Å². The summed E-state index contributed by atoms with van der Waals surface area (Å²) in [7, 11) is 0. The van der Waals surface area contributed by atoms with Crippen molar-refractivity contribution in [2.45, 2.75) is 229 Å². The smallest absolute Gasteiger partial charge is 0.306 e. The van der Waals surface area contributed by atoms with Crippen molar-refractivity contribution < 1.29 is 62.2 Å². The summed E-state index contributed by atoms with van der Waals surface area (Å²) in [5, 5.41) is 0. The van der Waals surface area contributed by atoms with Crippen molar-refractivity contribution in [1.29, 1.82) is 0 Å². The highest BCUT2D eigenvalue weighted by Gasteiger charge is 2.55. The SMILES string of the molecule is CCCC(CC(=O)[C@@H]1[C@H]2CCC(=O)[C@H]2CN1C(=O)[C@@H](CC(=O)OC(C)C)C(C)(C)C)C(=O)C(=O)CC1CC1.CCCC(CC(=O)[C@@H]1[C@H]2CCC[C@H]2CN1C(=O)[C@@H](CC(=O)OC(C)C)C(C)(C)C)C(=O)C(=O)C[C@@H](C)c1ccccc1. The van der Waals surface area contributed by atoms with Crippen LogP contribution in [-0.2, 0) is 62.2 Å². The maximum absolute atomic E-state index is 14.1. The number of rotatable bonds is 27. The van der Waals surface area contributed by atoms with E-state index in [2.05, 4.69) is 0 Å². The molecule has 3 aliphatic carbocycles. The van der Waals surface area contributed by atoms with E-state index in [0.717, 1.165) is 37.7 Å². The van der Waals surface area contributed by atoms with Crippen LogP contribution in [0.5, 0.6) is 0 Å². The van der Waals surface area contributed by atoms with E-state index in [0.29, 0.717) is 45.1 Å². The van der Waals surface area contributed by atoms with Crippen molar-refractivity contribution in [3.05, 3.63) is 35.9 Å². The Morgan fingerprint density at radius 1 is 0.575 bits per heavy atom. The van der Waals surface area contributed by atoms with Gasteiger partial charge in [-0.3, -0.25) is 52.7 Å². The molecule has 80 heavy (non-hydrogen) atoms. The van der Waals surface area contributed by atoms with Gasteiger partial charge in [0.1, 0.15) is 5.78 Å². The minimum Gasteiger partial charge on any atom is -0.463 e. The fourth-order valence-electron chi connectivity index (χ4n) is 13.1. The number of amides is 2. The van der Waals surface area contributed by atoms with E-state index >= 15 is 0 Å². The highest BCUT2D eigenvalue weighted by Crippen LogP contribution is 2.47. The molecule has 15 nitrogen and oxygen atoms in total. The van der Waals surface area contributed by atoms with Gasteiger partial charge in [-0.2, -0.15) is 0 Å². The van der Waals surface area contributed by atoms with Crippen LogP contribution in [-0.4, -0.2) is 111 Å². The van der Waals surface area contributed by atoms with E-state index in [1.54, 1.807) is 32.6 Å². The third-order valence-electron chi connectivity index (χ3n) is 17.6. The number of carbonyl (C=O) groups excluding carboxylic acids is 11. The van der Waals surface area contributed by atoms with Crippen LogP contribution in [0.15, 0.2) is 30.3 Å². The molecular formula is C65H96N2O13. The van der Waals surface area contributed by atoms with Gasteiger partial charge in [0.15, 0.2) is 23.1 Å². The maximum atomic E-state index is 14.1. The van der Waals surface area contributed by atoms with Gasteiger partial charge in [-0.15, -0.1) is 0 Å². The molecule has 0 N–H and O–H groups in total. The summed E-state index contributed by atoms with van der Waals surface area (Å²) in [5.41, 5.74) is -0.0981. The molecule has 2 saturated heterocycles. The first-order valence-corrected chi connectivity index (χ1v) is 30.3. The van der Waals surface area contributed by atoms with Crippen LogP contribution in [0.25, 0.3) is 0 Å². The predicted octanol–water partition coefficient (Wildman–Crippen LogP) is 10.4. The summed E-state index contributed by atoms with van der Waals surface area (Å²) in [6.45, 7) is 24.9. The Bertz CT molecular complexity index is 2410. The number of hydrogen-bond donors (Lipinski definition) is 0. The van der Waals surface area contributed by atoms with E-state index in [4.69, 9.17) is 9.47 Å². The second-order valence-electron chi connectivity index (χ2n) is 26.9. The van der Waals surface area contributed by atoms with E-state index in [1.165, 1.54) is 4.90 Å². The van der Waals surface area contributed by atoms with Gasteiger partial charge in [0, 0.05) is 62.9 Å². The number of nitrogens with zero attached hydrogens (tertiary/aromatic N) is 2. The van der Waals surface area contributed by atoms with Crippen molar-refractivity contribution in [2.75, 3.05) is 13.1 Å². The van der Waals surface area contributed by atoms with Crippen molar-refractivity contribution in [3.8, 4) is 0 Å². The third kappa shape index (κ3) is 17.4. The normalized spacial score (nSPS) is 23.5. The lowest BCUT2D eigenvalue weighted by Crippen LogP contribution is -2.49. The van der Waals surface area contributed by atoms with E-state index in [-0.39, 0.29) is 116 Å². The van der Waals surface area contributed by atoms with Crippen LogP contribution in [0, 0.1) is 64.1 Å². The van der Waals surface area contributed by atoms with Crippen molar-refractivity contribution >= 4 is 64.2 Å². The van der Waals surface area contributed by atoms with Gasteiger partial charge in [-0.25, -0.2) is 0 Å². The van der Waals surface area contributed by atoms with E-state index in [9.17, 15) is 52.7 Å². The fraction of sp³-hybridized carbons (Fsp3) is 0.738. The van der Waals surface area contributed by atoms with Gasteiger partial charge >= 0.3 is 11.9 Å². The minimum atomic E-state index is -0.824. The molecule has 0 spiro atoms. The molecule has 2 amide bonds. The molecule has 6 rings (SSSR count). The second-order valence-corrected chi connectivity index (χ2v) is 26.9. The van der Waals surface area contributed by atoms with Gasteiger partial charge in [-0.1, -0.05) is 112 Å². The lowest BCUT2D eigenvalue weighted by atomic mass is 9.77. The average molecular weight is 1110 g/mol. The van der Waals surface area contributed by atoms with Crippen molar-refractivity contribution in [3.63, 3.8) is 0 Å². The summed E-state index contributed by atoms with van der Waals surface area (Å²) in [6, 6.07) is 8.20. The van der Waals surface area contributed by atoms with Gasteiger partial charge < -0.3 is 19.3 Å². The largest absolute Gasteiger partial charge is 0.463 e. The highest BCUT2D eigenvalue weighted by molar-refractivity contribution is 6.39. The number of carbonyl (C=O) groups is 11. The Balaban J connectivity index is 0.000000295. The number of hydrogen-bond acceptors (Lipinski definition) is 13. The summed E-state index contributed by atoms with van der Waals surface area (Å²) in [6.07, 6.45) is 7.34. The zero-order valence-electron chi connectivity index (χ0n) is 50.6. The van der Waals surface area contributed by atoms with Crippen LogP contribution in [0.4, 0.5) is 0 Å². The molecule has 5 aliphatic rings. The molecule has 15 heteroatoms. The zero-order chi connectivity index (χ0) is 59.6. The minimum absolute atomic E-state index is 0.0363. The maximum Gasteiger partial charge on any atom is 0.306 e. The summed E-state index contributed by atoms with van der Waals surface area (Å²) >= 11 is 0. The topological polar surface area (TPSA) is 213 Å². The zero-order valence-corrected chi connectivity index (χ0v) is 50.6. The Labute approximate surface area is 476 Å². The highest BCUT2D eigenvalue weighted by atomic mass is 16.5. The van der Waals surface area contributed by atoms with Crippen molar-refractivity contribution in [2.24, 2.45) is 64.1 Å². The molecule has 0 bridgehead atoms. The second kappa shape index (κ2) is 28.7. The molecule has 0 aromatic heterocycles. The number of Topliss-reactive ketones (excluding diaryl/α,β-unsaturated/α-hetero) is 7. The molecule has 3 saturated carbocycles. The molecule has 2 heterocycles. The number of esters is 2. The van der Waals surface area contributed by atoms with Gasteiger partial charge in [0.2, 0.25) is 23.4 Å². The predicted molar refractivity (Wildman–Crippen MR) is 304 cm³/mol. The summed E-state index contributed by atoms with van der Waals surface area (Å²) < 4.78 is 10.7. The van der Waals surface area contributed by atoms with Crippen LogP contribution in [0.3, 0.4) is 0 Å². The number of benzene rings is 1. The average Bonchev–Trinajstić information content (AvgIpc) is 3.69. The summed E-state index contributed by atoms with van der Waals surface area (Å²) in [5.74, 6) is -6.53. The van der Waals surface area contributed by atoms with E-state index < -0.39 is 87.6 Å². The standard InChI is InChI=1S/C35H51NO6.C30H45NO7/c1-8-13-25(33(40)30(38)18-23(4)24-14-10-9-11-15-24)19-29(37)32-27-17-12-16-26(27)21-36(32)34(41)28(35(5,6)7)20-31(39)42-22(2)3;1-7-8-19(28(36)25(34)13-18-9-10-18)14-24(33)27-20-11-12-23(32)21(20)16-31(27)29(37)22(30(4,5)6)15-26(35)38-17(2)3/h9-11,14-15,22-23,25-28,32H,8,12-13,16-21H2,1-7H3;17-22,27H,7-16H2,1-6H3/t23-,25?,26+,27+,28-,32+;19?,20-,21-,22+,27-/m10/s1. The van der Waals surface area contributed by atoms with Gasteiger partial charge in [0.05, 0.1) is 49.0 Å². The lowest BCUT2D eigenvalue weighted by Gasteiger charge is -2.36. The lowest BCUT2D eigenvalue weighted by molar-refractivity contribution is -0.156. The molecule has 1 aromatic carbocycles. The summed E-state index contributed by atoms with van der Waals surface area (Å²) in [4.78, 5) is 149. The Kier molecular flexibility index (Phi) is 23.5. The van der Waals surface area contributed by atoms with Crippen LogP contribution >= 0.6 is 0 Å². The number of likely N-dealkylation sites (tertiary alicyclic amines) is 2. The first-order valence-electron chi connectivity index (χ1n) is 30.3. The van der Waals surface area contributed by atoms with Crippen LogP contribution < -0.4 is 0 Å². The first-order chi connectivity index (χ1) is 37.5. The molecule has 5 fully saturated rings. The molecule has 1 aromatic rings. The van der Waals surface area contributed by atoms with Crippen LogP contribution in [0.1, 0.15) is 211 Å². The first kappa shape index (κ1) is 65.6. The molecule has 444 valence electrons. The third-order valence-corrected chi connectivity index (χ3v) is 17.6. The molecule has 2 unspecified atom stereocenters. The van der Waals surface area contributed by atoms with Gasteiger partial charge in [0.25, 0.3) is 0 Å². The fourth-order valence-corrected chi connectivity index (χ4v) is 13.1. The number of ether oxygens (including phenoxy) is 2.